The van der Waals surface area contributed by atoms with Crippen molar-refractivity contribution >= 4 is 0 Å². The molecular formula is C14H23NO. The standard InChI is InChI=1S/C14H23NO/c1-9-6-7-13(10(2)8-11(3)15)14(16-5)12(9)4/h6-7,10-11H,8,15H2,1-5H3. The summed E-state index contributed by atoms with van der Waals surface area (Å²) in [7, 11) is 1.74. The third-order valence-corrected chi connectivity index (χ3v) is 3.17. The van der Waals surface area contributed by atoms with Crippen LogP contribution in [0.2, 0.25) is 0 Å². The van der Waals surface area contributed by atoms with Crippen LogP contribution in [0.15, 0.2) is 12.1 Å². The van der Waals surface area contributed by atoms with E-state index in [2.05, 4.69) is 32.9 Å². The average molecular weight is 221 g/mol. The summed E-state index contributed by atoms with van der Waals surface area (Å²) in [5.41, 5.74) is 9.62. The summed E-state index contributed by atoms with van der Waals surface area (Å²) >= 11 is 0. The van der Waals surface area contributed by atoms with Crippen molar-refractivity contribution < 1.29 is 4.74 Å². The summed E-state index contributed by atoms with van der Waals surface area (Å²) in [5.74, 6) is 1.46. The van der Waals surface area contributed by atoms with Crippen LogP contribution < -0.4 is 10.5 Å². The number of nitrogens with two attached hydrogens (primary N) is 1. The number of hydrogen-bond acceptors (Lipinski definition) is 2. The van der Waals surface area contributed by atoms with Gasteiger partial charge < -0.3 is 10.5 Å². The maximum Gasteiger partial charge on any atom is 0.125 e. The van der Waals surface area contributed by atoms with Gasteiger partial charge in [0.15, 0.2) is 0 Å². The van der Waals surface area contributed by atoms with E-state index in [1.807, 2.05) is 6.92 Å². The molecule has 0 bridgehead atoms. The normalized spacial score (nSPS) is 14.6. The van der Waals surface area contributed by atoms with E-state index < -0.39 is 0 Å². The summed E-state index contributed by atoms with van der Waals surface area (Å²) in [6, 6.07) is 4.54. The Labute approximate surface area is 98.8 Å². The molecule has 0 aromatic heterocycles. The van der Waals surface area contributed by atoms with Gasteiger partial charge in [-0.15, -0.1) is 0 Å². The predicted molar refractivity (Wildman–Crippen MR) is 69.1 cm³/mol. The minimum Gasteiger partial charge on any atom is -0.496 e. The first-order valence-corrected chi connectivity index (χ1v) is 5.87. The number of hydrogen-bond donors (Lipinski definition) is 1. The lowest BCUT2D eigenvalue weighted by Crippen LogP contribution is -2.18. The third-order valence-electron chi connectivity index (χ3n) is 3.17. The smallest absolute Gasteiger partial charge is 0.125 e. The molecule has 0 heterocycles. The first kappa shape index (κ1) is 13.0. The Balaban J connectivity index is 3.08. The minimum atomic E-state index is 0.223. The molecule has 1 rings (SSSR count). The molecule has 2 heteroatoms. The van der Waals surface area contributed by atoms with Crippen LogP contribution in [0.1, 0.15) is 42.9 Å². The molecule has 16 heavy (non-hydrogen) atoms. The van der Waals surface area contributed by atoms with Crippen molar-refractivity contribution in [1.82, 2.24) is 0 Å². The van der Waals surface area contributed by atoms with Crippen LogP contribution in [-0.4, -0.2) is 13.2 Å². The lowest BCUT2D eigenvalue weighted by atomic mass is 9.91. The molecule has 0 fully saturated rings. The number of ether oxygens (including phenoxy) is 1. The zero-order valence-corrected chi connectivity index (χ0v) is 11.0. The van der Waals surface area contributed by atoms with Crippen LogP contribution in [0.5, 0.6) is 5.75 Å². The molecule has 0 aliphatic carbocycles. The minimum absolute atomic E-state index is 0.223. The second-order valence-corrected chi connectivity index (χ2v) is 4.74. The molecule has 0 saturated carbocycles. The fourth-order valence-electron chi connectivity index (χ4n) is 2.15. The van der Waals surface area contributed by atoms with Crippen molar-refractivity contribution in [2.24, 2.45) is 5.73 Å². The van der Waals surface area contributed by atoms with E-state index >= 15 is 0 Å². The molecule has 2 N–H and O–H groups in total. The second kappa shape index (κ2) is 5.35. The fraction of sp³-hybridized carbons (Fsp3) is 0.571. The van der Waals surface area contributed by atoms with Gasteiger partial charge in [-0.2, -0.15) is 0 Å². The Morgan fingerprint density at radius 1 is 1.25 bits per heavy atom. The predicted octanol–water partition coefficient (Wildman–Crippen LogP) is 3.15. The molecule has 0 spiro atoms. The van der Waals surface area contributed by atoms with Crippen LogP contribution in [0.3, 0.4) is 0 Å². The molecule has 2 unspecified atom stereocenters. The van der Waals surface area contributed by atoms with Gasteiger partial charge in [0.05, 0.1) is 7.11 Å². The van der Waals surface area contributed by atoms with Crippen molar-refractivity contribution in [1.29, 1.82) is 0 Å². The van der Waals surface area contributed by atoms with E-state index in [1.165, 1.54) is 16.7 Å². The van der Waals surface area contributed by atoms with Crippen LogP contribution in [0, 0.1) is 13.8 Å². The van der Waals surface area contributed by atoms with Gasteiger partial charge in [0.25, 0.3) is 0 Å². The van der Waals surface area contributed by atoms with Crippen LogP contribution in [0.4, 0.5) is 0 Å². The number of benzene rings is 1. The lowest BCUT2D eigenvalue weighted by Gasteiger charge is -2.20. The number of rotatable bonds is 4. The molecule has 0 amide bonds. The fourth-order valence-corrected chi connectivity index (χ4v) is 2.15. The van der Waals surface area contributed by atoms with Crippen molar-refractivity contribution in [3.05, 3.63) is 28.8 Å². The van der Waals surface area contributed by atoms with E-state index in [9.17, 15) is 0 Å². The first-order valence-electron chi connectivity index (χ1n) is 5.87. The SMILES string of the molecule is COc1c(C(C)CC(C)N)ccc(C)c1C. The van der Waals surface area contributed by atoms with Crippen molar-refractivity contribution in [2.45, 2.75) is 46.1 Å². The highest BCUT2D eigenvalue weighted by Crippen LogP contribution is 2.33. The highest BCUT2D eigenvalue weighted by Gasteiger charge is 2.15. The Kier molecular flexibility index (Phi) is 4.36. The molecule has 2 nitrogen and oxygen atoms in total. The Morgan fingerprint density at radius 2 is 1.88 bits per heavy atom. The van der Waals surface area contributed by atoms with Crippen molar-refractivity contribution in [3.8, 4) is 5.75 Å². The van der Waals surface area contributed by atoms with Gasteiger partial charge in [0, 0.05) is 6.04 Å². The number of aryl methyl sites for hydroxylation is 1. The highest BCUT2D eigenvalue weighted by molar-refractivity contribution is 5.46. The van der Waals surface area contributed by atoms with E-state index in [0.29, 0.717) is 5.92 Å². The maximum absolute atomic E-state index is 5.85. The van der Waals surface area contributed by atoms with Gasteiger partial charge in [0.1, 0.15) is 5.75 Å². The van der Waals surface area contributed by atoms with E-state index in [4.69, 9.17) is 10.5 Å². The van der Waals surface area contributed by atoms with Gasteiger partial charge in [-0.3, -0.25) is 0 Å². The van der Waals surface area contributed by atoms with E-state index in [1.54, 1.807) is 7.11 Å². The molecule has 90 valence electrons. The number of methoxy groups -OCH3 is 1. The highest BCUT2D eigenvalue weighted by atomic mass is 16.5. The summed E-state index contributed by atoms with van der Waals surface area (Å²) in [6.07, 6.45) is 0.985. The van der Waals surface area contributed by atoms with Gasteiger partial charge >= 0.3 is 0 Å². The van der Waals surface area contributed by atoms with Crippen LogP contribution in [0.25, 0.3) is 0 Å². The van der Waals surface area contributed by atoms with Crippen LogP contribution in [-0.2, 0) is 0 Å². The first-order chi connectivity index (χ1) is 7.47. The summed E-state index contributed by atoms with van der Waals surface area (Å²) in [5, 5.41) is 0. The molecule has 0 saturated heterocycles. The summed E-state index contributed by atoms with van der Waals surface area (Å²) in [4.78, 5) is 0. The average Bonchev–Trinajstić information content (AvgIpc) is 2.20. The Bertz CT molecular complexity index is 358. The van der Waals surface area contributed by atoms with Crippen molar-refractivity contribution in [3.63, 3.8) is 0 Å². The van der Waals surface area contributed by atoms with E-state index in [0.717, 1.165) is 12.2 Å². The Morgan fingerprint density at radius 3 is 2.38 bits per heavy atom. The molecule has 1 aromatic carbocycles. The van der Waals surface area contributed by atoms with Crippen LogP contribution >= 0.6 is 0 Å². The largest absolute Gasteiger partial charge is 0.496 e. The molecule has 0 aliphatic rings. The lowest BCUT2D eigenvalue weighted by molar-refractivity contribution is 0.400. The Hall–Kier alpha value is -1.02. The van der Waals surface area contributed by atoms with Gasteiger partial charge in [-0.25, -0.2) is 0 Å². The zero-order valence-electron chi connectivity index (χ0n) is 11.0. The second-order valence-electron chi connectivity index (χ2n) is 4.74. The molecule has 0 aliphatic heterocycles. The quantitative estimate of drug-likeness (QED) is 0.847. The van der Waals surface area contributed by atoms with Gasteiger partial charge in [0.2, 0.25) is 0 Å². The third kappa shape index (κ3) is 2.76. The zero-order chi connectivity index (χ0) is 12.3. The molecule has 1 aromatic rings. The van der Waals surface area contributed by atoms with Gasteiger partial charge in [-0.05, 0) is 49.8 Å². The molecule has 0 radical (unpaired) electrons. The molecule has 2 atom stereocenters. The van der Waals surface area contributed by atoms with Gasteiger partial charge in [-0.1, -0.05) is 19.1 Å². The maximum atomic E-state index is 5.85. The topological polar surface area (TPSA) is 35.2 Å². The summed E-state index contributed by atoms with van der Waals surface area (Å²) < 4.78 is 5.52. The van der Waals surface area contributed by atoms with Crippen molar-refractivity contribution in [2.75, 3.05) is 7.11 Å². The van der Waals surface area contributed by atoms with E-state index in [-0.39, 0.29) is 6.04 Å². The summed E-state index contributed by atoms with van der Waals surface area (Å²) in [6.45, 7) is 8.47. The monoisotopic (exact) mass is 221 g/mol. The molecular weight excluding hydrogens is 198 g/mol.